The predicted molar refractivity (Wildman–Crippen MR) is 121 cm³/mol. The largest absolute Gasteiger partial charge is 0.489 e. The Kier molecular flexibility index (Phi) is 6.46. The number of carboxylic acids is 1. The van der Waals surface area contributed by atoms with E-state index in [9.17, 15) is 9.18 Å². The van der Waals surface area contributed by atoms with Crippen molar-refractivity contribution in [3.8, 4) is 16.9 Å². The number of halogens is 1. The van der Waals surface area contributed by atoms with Gasteiger partial charge in [-0.2, -0.15) is 0 Å². The Morgan fingerprint density at radius 1 is 1.03 bits per heavy atom. The fraction of sp³-hybridized carbons (Fsp3) is 0.222. The van der Waals surface area contributed by atoms with Crippen molar-refractivity contribution in [2.45, 2.75) is 38.7 Å². The van der Waals surface area contributed by atoms with Gasteiger partial charge < -0.3 is 9.84 Å². The number of benzene rings is 3. The van der Waals surface area contributed by atoms with Gasteiger partial charge in [0.2, 0.25) is 0 Å². The lowest BCUT2D eigenvalue weighted by atomic mass is 9.92. The van der Waals surface area contributed by atoms with Crippen molar-refractivity contribution in [3.05, 3.63) is 94.8 Å². The lowest BCUT2D eigenvalue weighted by Gasteiger charge is -2.15. The molecule has 3 nitrogen and oxygen atoms in total. The van der Waals surface area contributed by atoms with Gasteiger partial charge in [0.05, 0.1) is 0 Å². The Labute approximate surface area is 181 Å². The molecule has 0 amide bonds. The summed E-state index contributed by atoms with van der Waals surface area (Å²) in [6.07, 6.45) is 7.90. The van der Waals surface area contributed by atoms with Crippen LogP contribution in [0.25, 0.3) is 17.2 Å². The zero-order valence-corrected chi connectivity index (χ0v) is 17.3. The molecule has 0 fully saturated rings. The molecule has 4 rings (SSSR count). The van der Waals surface area contributed by atoms with Gasteiger partial charge in [-0.15, -0.1) is 0 Å². The van der Waals surface area contributed by atoms with E-state index in [0.29, 0.717) is 18.6 Å². The van der Waals surface area contributed by atoms with E-state index in [1.807, 2.05) is 30.3 Å². The van der Waals surface area contributed by atoms with E-state index < -0.39 is 5.97 Å². The second-order valence-electron chi connectivity index (χ2n) is 7.84. The first-order chi connectivity index (χ1) is 15.1. The van der Waals surface area contributed by atoms with Crippen molar-refractivity contribution in [1.82, 2.24) is 0 Å². The third-order valence-corrected chi connectivity index (χ3v) is 5.57. The third kappa shape index (κ3) is 5.40. The fourth-order valence-corrected chi connectivity index (χ4v) is 3.92. The van der Waals surface area contributed by atoms with Crippen LogP contribution in [0.3, 0.4) is 0 Å². The Morgan fingerprint density at radius 2 is 1.87 bits per heavy atom. The third-order valence-electron chi connectivity index (χ3n) is 5.57. The summed E-state index contributed by atoms with van der Waals surface area (Å²) < 4.78 is 19.9. The molecule has 0 spiro atoms. The molecular formula is C27H25FO3. The highest BCUT2D eigenvalue weighted by atomic mass is 19.1. The van der Waals surface area contributed by atoms with Gasteiger partial charge >= 0.3 is 5.97 Å². The molecule has 0 bridgehead atoms. The molecule has 1 aliphatic rings. The fourth-order valence-electron chi connectivity index (χ4n) is 3.92. The predicted octanol–water partition coefficient (Wildman–Crippen LogP) is 6.44. The summed E-state index contributed by atoms with van der Waals surface area (Å²) in [4.78, 5) is 10.6. The van der Waals surface area contributed by atoms with Crippen molar-refractivity contribution < 1.29 is 19.0 Å². The molecule has 0 unspecified atom stereocenters. The zero-order valence-electron chi connectivity index (χ0n) is 17.3. The van der Waals surface area contributed by atoms with Crippen LogP contribution in [0.1, 0.15) is 41.5 Å². The molecule has 158 valence electrons. The maximum absolute atomic E-state index is 14.0. The van der Waals surface area contributed by atoms with E-state index >= 15 is 0 Å². The normalized spacial score (nSPS) is 12.4. The molecule has 1 N–H and O–H groups in total. The van der Waals surface area contributed by atoms with Crippen LogP contribution in [0.4, 0.5) is 4.39 Å². The van der Waals surface area contributed by atoms with Crippen molar-refractivity contribution in [1.29, 1.82) is 0 Å². The molecule has 4 heteroatoms. The summed E-state index contributed by atoms with van der Waals surface area (Å²) in [6, 6.07) is 18.9. The maximum atomic E-state index is 14.0. The standard InChI is InChI=1S/C27H25FO3/c28-24-12-15-26(22-11-10-20-5-1-2-6-21(20)16-22)23(17-24)18-31-25-13-8-19(9-14-25)4-3-7-27(29)30/h1,5,8-17H,2-4,6-7,18H2,(H,29,30). The summed E-state index contributed by atoms with van der Waals surface area (Å²) >= 11 is 0. The minimum Gasteiger partial charge on any atom is -0.489 e. The van der Waals surface area contributed by atoms with Crippen molar-refractivity contribution >= 4 is 12.0 Å². The number of hydrogen-bond donors (Lipinski definition) is 1. The van der Waals surface area contributed by atoms with Gasteiger partial charge in [-0.1, -0.05) is 48.6 Å². The number of ether oxygens (including phenoxy) is 1. The van der Waals surface area contributed by atoms with Crippen LogP contribution in [0.15, 0.2) is 66.7 Å². The highest BCUT2D eigenvalue weighted by Crippen LogP contribution is 2.30. The zero-order chi connectivity index (χ0) is 21.6. The van der Waals surface area contributed by atoms with Gasteiger partial charge in [-0.05, 0) is 83.3 Å². The van der Waals surface area contributed by atoms with E-state index in [2.05, 4.69) is 30.4 Å². The summed E-state index contributed by atoms with van der Waals surface area (Å²) in [6.45, 7) is 0.266. The van der Waals surface area contributed by atoms with Crippen LogP contribution in [0.2, 0.25) is 0 Å². The second-order valence-corrected chi connectivity index (χ2v) is 7.84. The van der Waals surface area contributed by atoms with Crippen molar-refractivity contribution in [2.75, 3.05) is 0 Å². The molecule has 0 atom stereocenters. The molecule has 0 aromatic heterocycles. The highest BCUT2D eigenvalue weighted by molar-refractivity contribution is 5.71. The summed E-state index contributed by atoms with van der Waals surface area (Å²) in [7, 11) is 0. The molecule has 3 aromatic rings. The molecule has 0 saturated heterocycles. The van der Waals surface area contributed by atoms with Gasteiger partial charge in [-0.25, -0.2) is 4.39 Å². The first-order valence-electron chi connectivity index (χ1n) is 10.6. The van der Waals surface area contributed by atoms with E-state index in [0.717, 1.165) is 35.1 Å². The van der Waals surface area contributed by atoms with E-state index in [1.165, 1.54) is 23.3 Å². The molecule has 0 radical (unpaired) electrons. The first-order valence-corrected chi connectivity index (χ1v) is 10.6. The number of carboxylic acid groups (broad SMARTS) is 1. The van der Waals surface area contributed by atoms with Crippen LogP contribution in [0.5, 0.6) is 5.75 Å². The molecular weight excluding hydrogens is 391 g/mol. The smallest absolute Gasteiger partial charge is 0.303 e. The maximum Gasteiger partial charge on any atom is 0.303 e. The number of rotatable bonds is 8. The molecule has 0 heterocycles. The van der Waals surface area contributed by atoms with Crippen molar-refractivity contribution in [3.63, 3.8) is 0 Å². The molecule has 1 aliphatic carbocycles. The average Bonchev–Trinajstić information content (AvgIpc) is 2.78. The van der Waals surface area contributed by atoms with Crippen molar-refractivity contribution in [2.24, 2.45) is 0 Å². The monoisotopic (exact) mass is 416 g/mol. The van der Waals surface area contributed by atoms with E-state index in [1.54, 1.807) is 0 Å². The Balaban J connectivity index is 1.47. The van der Waals surface area contributed by atoms with Crippen LogP contribution in [-0.4, -0.2) is 11.1 Å². The summed E-state index contributed by atoms with van der Waals surface area (Å²) in [5.41, 5.74) is 6.48. The van der Waals surface area contributed by atoms with Gasteiger partial charge in [0, 0.05) is 6.42 Å². The lowest BCUT2D eigenvalue weighted by Crippen LogP contribution is -2.00. The second kappa shape index (κ2) is 9.61. The lowest BCUT2D eigenvalue weighted by molar-refractivity contribution is -0.137. The quantitative estimate of drug-likeness (QED) is 0.460. The molecule has 3 aromatic carbocycles. The van der Waals surface area contributed by atoms with Crippen LogP contribution >= 0.6 is 0 Å². The van der Waals surface area contributed by atoms with Crippen LogP contribution in [-0.2, 0) is 24.2 Å². The molecule has 0 aliphatic heterocycles. The van der Waals surface area contributed by atoms with Gasteiger partial charge in [-0.3, -0.25) is 4.79 Å². The van der Waals surface area contributed by atoms with E-state index in [4.69, 9.17) is 9.84 Å². The van der Waals surface area contributed by atoms with Gasteiger partial charge in [0.15, 0.2) is 0 Å². The average molecular weight is 416 g/mol. The number of fused-ring (bicyclic) bond motifs is 1. The summed E-state index contributed by atoms with van der Waals surface area (Å²) in [5.74, 6) is -0.356. The molecule has 0 saturated carbocycles. The minimum absolute atomic E-state index is 0.166. The Bertz CT molecular complexity index is 1100. The number of carbonyl (C=O) groups is 1. The minimum atomic E-state index is -0.777. The SMILES string of the molecule is O=C(O)CCCc1ccc(OCc2cc(F)ccc2-c2ccc3c(c2)CCC=C3)cc1. The number of hydrogen-bond acceptors (Lipinski definition) is 2. The Hall–Kier alpha value is -3.40. The number of aliphatic carboxylic acids is 1. The number of allylic oxidation sites excluding steroid dienone is 1. The Morgan fingerprint density at radius 3 is 2.68 bits per heavy atom. The van der Waals surface area contributed by atoms with E-state index in [-0.39, 0.29) is 18.8 Å². The summed E-state index contributed by atoms with van der Waals surface area (Å²) in [5, 5.41) is 8.75. The van der Waals surface area contributed by atoms with Crippen LogP contribution < -0.4 is 4.74 Å². The molecule has 31 heavy (non-hydrogen) atoms. The van der Waals surface area contributed by atoms with Gasteiger partial charge in [0.1, 0.15) is 18.2 Å². The topological polar surface area (TPSA) is 46.5 Å². The number of aryl methyl sites for hydroxylation is 2. The highest BCUT2D eigenvalue weighted by Gasteiger charge is 2.11. The van der Waals surface area contributed by atoms with Gasteiger partial charge in [0.25, 0.3) is 0 Å². The van der Waals surface area contributed by atoms with Crippen LogP contribution in [0, 0.1) is 5.82 Å². The first kappa shape index (κ1) is 20.9.